The normalized spacial score (nSPS) is 11.3. The maximum atomic E-state index is 4.65. The summed E-state index contributed by atoms with van der Waals surface area (Å²) in [6, 6.07) is 4.46. The van der Waals surface area contributed by atoms with Gasteiger partial charge in [0.05, 0.1) is 17.6 Å². The predicted octanol–water partition coefficient (Wildman–Crippen LogP) is 3.64. The minimum Gasteiger partial charge on any atom is -0.316 e. The molecule has 3 nitrogen and oxygen atoms in total. The molecule has 0 saturated heterocycles. The molecule has 0 aliphatic rings. The monoisotopic (exact) mass is 271 g/mol. The van der Waals surface area contributed by atoms with Gasteiger partial charge in [0, 0.05) is 12.1 Å². The average molecular weight is 271 g/mol. The van der Waals surface area contributed by atoms with E-state index >= 15 is 0 Å². The molecular weight excluding hydrogens is 246 g/mol. The molecule has 0 radical (unpaired) electrons. The number of hydrogen-bond acceptors (Lipinski definition) is 2. The zero-order valence-corrected chi connectivity index (χ0v) is 13.4. The largest absolute Gasteiger partial charge is 0.316 e. The molecule has 1 aromatic heterocycles. The molecule has 0 aliphatic carbocycles. The van der Waals surface area contributed by atoms with Gasteiger partial charge in [-0.3, -0.25) is 0 Å². The van der Waals surface area contributed by atoms with E-state index in [2.05, 4.69) is 61.8 Å². The van der Waals surface area contributed by atoms with Crippen molar-refractivity contribution in [3.63, 3.8) is 0 Å². The van der Waals surface area contributed by atoms with Gasteiger partial charge < -0.3 is 5.32 Å². The van der Waals surface area contributed by atoms with Gasteiger partial charge in [-0.15, -0.1) is 0 Å². The second-order valence-corrected chi connectivity index (χ2v) is 5.90. The Morgan fingerprint density at radius 1 is 1.15 bits per heavy atom. The molecular formula is C17H25N3. The quantitative estimate of drug-likeness (QED) is 0.920. The van der Waals surface area contributed by atoms with Gasteiger partial charge in [-0.25, -0.2) is 4.68 Å². The third kappa shape index (κ3) is 2.63. The first-order chi connectivity index (χ1) is 9.45. The molecule has 0 saturated carbocycles. The van der Waals surface area contributed by atoms with Crippen molar-refractivity contribution in [2.24, 2.45) is 0 Å². The van der Waals surface area contributed by atoms with Crippen molar-refractivity contribution in [1.29, 1.82) is 0 Å². The molecule has 1 heterocycles. The van der Waals surface area contributed by atoms with Crippen LogP contribution in [0.4, 0.5) is 0 Å². The first kappa shape index (κ1) is 14.8. The maximum Gasteiger partial charge on any atom is 0.0707 e. The van der Waals surface area contributed by atoms with E-state index in [0.717, 1.165) is 6.54 Å². The SMILES string of the molecule is CNCc1cnn(-c2c(C)cc(C)cc2C)c1C(C)C. The Bertz CT molecular complexity index is 586. The first-order valence-corrected chi connectivity index (χ1v) is 7.25. The predicted molar refractivity (Wildman–Crippen MR) is 84.6 cm³/mol. The van der Waals surface area contributed by atoms with Crippen LogP contribution in [0.3, 0.4) is 0 Å². The van der Waals surface area contributed by atoms with Crippen molar-refractivity contribution in [1.82, 2.24) is 15.1 Å². The highest BCUT2D eigenvalue weighted by molar-refractivity contribution is 5.50. The number of hydrogen-bond donors (Lipinski definition) is 1. The van der Waals surface area contributed by atoms with Gasteiger partial charge in [0.1, 0.15) is 0 Å². The van der Waals surface area contributed by atoms with Crippen LogP contribution in [0.1, 0.15) is 47.7 Å². The van der Waals surface area contributed by atoms with Gasteiger partial charge in [-0.2, -0.15) is 5.10 Å². The van der Waals surface area contributed by atoms with E-state index in [9.17, 15) is 0 Å². The van der Waals surface area contributed by atoms with E-state index < -0.39 is 0 Å². The molecule has 2 aromatic rings. The Hall–Kier alpha value is -1.61. The maximum absolute atomic E-state index is 4.65. The Morgan fingerprint density at radius 2 is 1.75 bits per heavy atom. The fourth-order valence-electron chi connectivity index (χ4n) is 3.02. The topological polar surface area (TPSA) is 29.9 Å². The van der Waals surface area contributed by atoms with E-state index in [1.807, 2.05) is 13.2 Å². The molecule has 2 rings (SSSR count). The highest BCUT2D eigenvalue weighted by atomic mass is 15.3. The van der Waals surface area contributed by atoms with Crippen LogP contribution in [0.15, 0.2) is 18.3 Å². The van der Waals surface area contributed by atoms with Crippen LogP contribution in [0, 0.1) is 20.8 Å². The average Bonchev–Trinajstić information content (AvgIpc) is 2.72. The van der Waals surface area contributed by atoms with Crippen LogP contribution in [0.5, 0.6) is 0 Å². The van der Waals surface area contributed by atoms with Gasteiger partial charge in [0.2, 0.25) is 0 Å². The van der Waals surface area contributed by atoms with Crippen LogP contribution in [-0.2, 0) is 6.54 Å². The summed E-state index contributed by atoms with van der Waals surface area (Å²) in [5.74, 6) is 0.445. The highest BCUT2D eigenvalue weighted by Crippen LogP contribution is 2.27. The molecule has 1 aromatic carbocycles. The fraction of sp³-hybridized carbons (Fsp3) is 0.471. The molecule has 0 unspecified atom stereocenters. The van der Waals surface area contributed by atoms with Crippen LogP contribution in [-0.4, -0.2) is 16.8 Å². The van der Waals surface area contributed by atoms with Crippen molar-refractivity contribution in [3.05, 3.63) is 46.3 Å². The molecule has 20 heavy (non-hydrogen) atoms. The summed E-state index contributed by atoms with van der Waals surface area (Å²) < 4.78 is 2.13. The summed E-state index contributed by atoms with van der Waals surface area (Å²) in [5, 5.41) is 7.88. The van der Waals surface area contributed by atoms with Gasteiger partial charge in [-0.1, -0.05) is 31.5 Å². The van der Waals surface area contributed by atoms with Crippen molar-refractivity contribution in [2.45, 2.75) is 47.1 Å². The van der Waals surface area contributed by atoms with E-state index in [4.69, 9.17) is 0 Å². The zero-order chi connectivity index (χ0) is 14.9. The summed E-state index contributed by atoms with van der Waals surface area (Å²) >= 11 is 0. The second-order valence-electron chi connectivity index (χ2n) is 5.90. The van der Waals surface area contributed by atoms with Gasteiger partial charge >= 0.3 is 0 Å². The van der Waals surface area contributed by atoms with Gasteiger partial charge in [0.25, 0.3) is 0 Å². The summed E-state index contributed by atoms with van der Waals surface area (Å²) in [5.41, 5.74) is 7.67. The molecule has 0 amide bonds. The minimum absolute atomic E-state index is 0.445. The van der Waals surface area contributed by atoms with Crippen LogP contribution < -0.4 is 5.32 Å². The number of nitrogens with zero attached hydrogens (tertiary/aromatic N) is 2. The lowest BCUT2D eigenvalue weighted by Crippen LogP contribution is -2.12. The number of benzene rings is 1. The van der Waals surface area contributed by atoms with Crippen molar-refractivity contribution in [2.75, 3.05) is 7.05 Å². The highest BCUT2D eigenvalue weighted by Gasteiger charge is 2.17. The van der Waals surface area contributed by atoms with Gasteiger partial charge in [0.15, 0.2) is 0 Å². The lowest BCUT2D eigenvalue weighted by atomic mass is 10.0. The van der Waals surface area contributed by atoms with Crippen LogP contribution in [0.2, 0.25) is 0 Å². The van der Waals surface area contributed by atoms with Crippen molar-refractivity contribution < 1.29 is 0 Å². The molecule has 1 N–H and O–H groups in total. The van der Waals surface area contributed by atoms with E-state index in [1.54, 1.807) is 0 Å². The fourth-order valence-corrected chi connectivity index (χ4v) is 3.02. The Labute approximate surface area is 122 Å². The Balaban J connectivity index is 2.64. The zero-order valence-electron chi connectivity index (χ0n) is 13.4. The van der Waals surface area contributed by atoms with Crippen molar-refractivity contribution in [3.8, 4) is 5.69 Å². The van der Waals surface area contributed by atoms with E-state index in [0.29, 0.717) is 5.92 Å². The van der Waals surface area contributed by atoms with Crippen LogP contribution in [0.25, 0.3) is 5.69 Å². The molecule has 0 atom stereocenters. The third-order valence-electron chi connectivity index (χ3n) is 3.65. The second kappa shape index (κ2) is 5.80. The number of nitrogens with one attached hydrogen (secondary N) is 1. The van der Waals surface area contributed by atoms with Gasteiger partial charge in [-0.05, 0) is 44.9 Å². The lowest BCUT2D eigenvalue weighted by Gasteiger charge is -2.17. The lowest BCUT2D eigenvalue weighted by molar-refractivity contribution is 0.708. The standard InChI is InChI=1S/C17H25N3/c1-11(2)16-15(9-18-6)10-19-20(16)17-13(4)7-12(3)8-14(17)5/h7-8,10-11,18H,9H2,1-6H3. The number of aromatic nitrogens is 2. The molecule has 0 bridgehead atoms. The summed E-state index contributed by atoms with van der Waals surface area (Å²) in [6.45, 7) is 11.8. The Morgan fingerprint density at radius 3 is 2.25 bits per heavy atom. The molecule has 0 fully saturated rings. The smallest absolute Gasteiger partial charge is 0.0707 e. The number of rotatable bonds is 4. The third-order valence-corrected chi connectivity index (χ3v) is 3.65. The van der Waals surface area contributed by atoms with E-state index in [-0.39, 0.29) is 0 Å². The van der Waals surface area contributed by atoms with E-state index in [1.165, 1.54) is 33.6 Å². The van der Waals surface area contributed by atoms with Crippen LogP contribution >= 0.6 is 0 Å². The molecule has 0 spiro atoms. The first-order valence-electron chi connectivity index (χ1n) is 7.25. The molecule has 108 valence electrons. The summed E-state index contributed by atoms with van der Waals surface area (Å²) in [6.07, 6.45) is 1.99. The molecule has 3 heteroatoms. The Kier molecular flexibility index (Phi) is 4.29. The van der Waals surface area contributed by atoms with Crippen molar-refractivity contribution >= 4 is 0 Å². The minimum atomic E-state index is 0.445. The number of aryl methyl sites for hydroxylation is 3. The summed E-state index contributed by atoms with van der Waals surface area (Å²) in [7, 11) is 1.98. The summed E-state index contributed by atoms with van der Waals surface area (Å²) in [4.78, 5) is 0. The molecule has 0 aliphatic heterocycles.